The highest BCUT2D eigenvalue weighted by Crippen LogP contribution is 2.33. The second kappa shape index (κ2) is 4.31. The van der Waals surface area contributed by atoms with Crippen molar-refractivity contribution in [1.29, 1.82) is 0 Å². The zero-order valence-electron chi connectivity index (χ0n) is 9.39. The fourth-order valence-corrected chi connectivity index (χ4v) is 2.02. The summed E-state index contributed by atoms with van der Waals surface area (Å²) in [4.78, 5) is 0. The minimum absolute atomic E-state index is 0.139. The zero-order chi connectivity index (χ0) is 10.8. The Labute approximate surface area is 90.7 Å². The first-order valence-corrected chi connectivity index (χ1v) is 5.69. The number of aryl methyl sites for hydroxylation is 1. The van der Waals surface area contributed by atoms with Gasteiger partial charge in [0.1, 0.15) is 5.82 Å². The monoisotopic (exact) mass is 207 g/mol. The molecule has 0 aliphatic heterocycles. The molecule has 82 valence electrons. The molecule has 1 aromatic carbocycles. The van der Waals surface area contributed by atoms with Gasteiger partial charge in [0.2, 0.25) is 0 Å². The van der Waals surface area contributed by atoms with Crippen LogP contribution in [0.4, 0.5) is 4.39 Å². The van der Waals surface area contributed by atoms with Crippen molar-refractivity contribution in [3.05, 3.63) is 35.1 Å². The van der Waals surface area contributed by atoms with Gasteiger partial charge in [-0.25, -0.2) is 4.39 Å². The molecule has 2 rings (SSSR count). The highest BCUT2D eigenvalue weighted by Gasteiger charge is 2.34. The van der Waals surface area contributed by atoms with Gasteiger partial charge in [0, 0.05) is 12.6 Å². The van der Waals surface area contributed by atoms with E-state index in [1.165, 1.54) is 18.9 Å². The minimum Gasteiger partial charge on any atom is -0.310 e. The summed E-state index contributed by atoms with van der Waals surface area (Å²) in [6.07, 6.45) is 2.53. The predicted octanol–water partition coefficient (Wildman–Crippen LogP) is 3.02. The van der Waals surface area contributed by atoms with Crippen molar-refractivity contribution in [2.75, 3.05) is 0 Å². The van der Waals surface area contributed by atoms with Gasteiger partial charge >= 0.3 is 0 Å². The molecule has 15 heavy (non-hydrogen) atoms. The molecule has 1 saturated carbocycles. The Kier molecular flexibility index (Phi) is 3.06. The lowest BCUT2D eigenvalue weighted by Gasteiger charge is -2.07. The lowest BCUT2D eigenvalue weighted by molar-refractivity contribution is 0.605. The third kappa shape index (κ3) is 2.57. The number of nitrogens with one attached hydrogen (secondary N) is 1. The molecule has 1 aromatic rings. The Balaban J connectivity index is 1.91. The van der Waals surface area contributed by atoms with Gasteiger partial charge in [-0.15, -0.1) is 0 Å². The van der Waals surface area contributed by atoms with Crippen LogP contribution in [0, 0.1) is 18.7 Å². The topological polar surface area (TPSA) is 12.0 Å². The Morgan fingerprint density at radius 1 is 1.47 bits per heavy atom. The lowest BCUT2D eigenvalue weighted by atomic mass is 10.1. The van der Waals surface area contributed by atoms with Crippen molar-refractivity contribution in [2.24, 2.45) is 5.92 Å². The molecule has 0 saturated heterocycles. The summed E-state index contributed by atoms with van der Waals surface area (Å²) in [6.45, 7) is 5.05. The Morgan fingerprint density at radius 2 is 2.27 bits per heavy atom. The standard InChI is InChI=1S/C13H18FN/c1-3-10-7-13(10)15-8-11-6-12(14)5-4-9(11)2/h4-6,10,13,15H,3,7-8H2,1-2H3. The van der Waals surface area contributed by atoms with E-state index in [4.69, 9.17) is 0 Å². The quantitative estimate of drug-likeness (QED) is 0.800. The van der Waals surface area contributed by atoms with Gasteiger partial charge in [-0.1, -0.05) is 19.4 Å². The summed E-state index contributed by atoms with van der Waals surface area (Å²) < 4.78 is 13.0. The molecule has 0 radical (unpaired) electrons. The van der Waals surface area contributed by atoms with Gasteiger partial charge in [-0.3, -0.25) is 0 Å². The van der Waals surface area contributed by atoms with Crippen LogP contribution in [0.25, 0.3) is 0 Å². The normalized spacial score (nSPS) is 24.2. The first kappa shape index (κ1) is 10.6. The number of hydrogen-bond donors (Lipinski definition) is 1. The van der Waals surface area contributed by atoms with E-state index in [1.54, 1.807) is 6.07 Å². The van der Waals surface area contributed by atoms with Crippen LogP contribution in [0.3, 0.4) is 0 Å². The molecule has 1 fully saturated rings. The molecule has 1 nitrogen and oxygen atoms in total. The van der Waals surface area contributed by atoms with Crippen LogP contribution in [0.5, 0.6) is 0 Å². The van der Waals surface area contributed by atoms with Crippen LogP contribution in [-0.2, 0) is 6.54 Å². The Bertz CT molecular complexity index is 348. The van der Waals surface area contributed by atoms with Crippen molar-refractivity contribution in [1.82, 2.24) is 5.32 Å². The molecule has 1 aliphatic rings. The third-order valence-corrected chi connectivity index (χ3v) is 3.31. The molecule has 0 heterocycles. The van der Waals surface area contributed by atoms with E-state index in [9.17, 15) is 4.39 Å². The van der Waals surface area contributed by atoms with Crippen LogP contribution >= 0.6 is 0 Å². The van der Waals surface area contributed by atoms with E-state index in [1.807, 2.05) is 13.0 Å². The van der Waals surface area contributed by atoms with E-state index < -0.39 is 0 Å². The summed E-state index contributed by atoms with van der Waals surface area (Å²) in [5.74, 6) is 0.708. The maximum absolute atomic E-state index is 13.0. The fraction of sp³-hybridized carbons (Fsp3) is 0.538. The molecule has 0 bridgehead atoms. The van der Waals surface area contributed by atoms with Crippen LogP contribution in [-0.4, -0.2) is 6.04 Å². The van der Waals surface area contributed by atoms with Crippen LogP contribution in [0.2, 0.25) is 0 Å². The first-order chi connectivity index (χ1) is 7.20. The van der Waals surface area contributed by atoms with Crippen LogP contribution in [0.15, 0.2) is 18.2 Å². The first-order valence-electron chi connectivity index (χ1n) is 5.69. The minimum atomic E-state index is -0.139. The van der Waals surface area contributed by atoms with Crippen LogP contribution in [0.1, 0.15) is 30.9 Å². The molecule has 1 N–H and O–H groups in total. The lowest BCUT2D eigenvalue weighted by Crippen LogP contribution is -2.18. The summed E-state index contributed by atoms with van der Waals surface area (Å²) in [7, 11) is 0. The summed E-state index contributed by atoms with van der Waals surface area (Å²) >= 11 is 0. The van der Waals surface area contributed by atoms with Crippen molar-refractivity contribution in [3.8, 4) is 0 Å². The summed E-state index contributed by atoms with van der Waals surface area (Å²) in [5, 5.41) is 3.48. The zero-order valence-corrected chi connectivity index (χ0v) is 9.39. The molecule has 0 spiro atoms. The SMILES string of the molecule is CCC1CC1NCc1cc(F)ccc1C. The Morgan fingerprint density at radius 3 is 2.93 bits per heavy atom. The number of hydrogen-bond acceptors (Lipinski definition) is 1. The third-order valence-electron chi connectivity index (χ3n) is 3.31. The van der Waals surface area contributed by atoms with Crippen LogP contribution < -0.4 is 5.32 Å². The number of halogens is 1. The van der Waals surface area contributed by atoms with E-state index >= 15 is 0 Å². The molecule has 2 heteroatoms. The average molecular weight is 207 g/mol. The maximum Gasteiger partial charge on any atom is 0.123 e. The molecular weight excluding hydrogens is 189 g/mol. The number of rotatable bonds is 4. The second-order valence-electron chi connectivity index (χ2n) is 4.46. The largest absolute Gasteiger partial charge is 0.310 e. The molecule has 1 aliphatic carbocycles. The van der Waals surface area contributed by atoms with E-state index in [0.717, 1.165) is 23.6 Å². The van der Waals surface area contributed by atoms with Gasteiger partial charge in [0.25, 0.3) is 0 Å². The van der Waals surface area contributed by atoms with E-state index in [0.29, 0.717) is 6.04 Å². The number of benzene rings is 1. The highest BCUT2D eigenvalue weighted by molar-refractivity contribution is 5.26. The van der Waals surface area contributed by atoms with Crippen molar-refractivity contribution < 1.29 is 4.39 Å². The van der Waals surface area contributed by atoms with Gasteiger partial charge < -0.3 is 5.32 Å². The maximum atomic E-state index is 13.0. The van der Waals surface area contributed by atoms with Crippen molar-refractivity contribution >= 4 is 0 Å². The molecule has 2 unspecified atom stereocenters. The van der Waals surface area contributed by atoms with Gasteiger partial charge in [0.15, 0.2) is 0 Å². The van der Waals surface area contributed by atoms with E-state index in [-0.39, 0.29) is 5.82 Å². The summed E-state index contributed by atoms with van der Waals surface area (Å²) in [5.41, 5.74) is 2.24. The average Bonchev–Trinajstić information content (AvgIpc) is 2.98. The van der Waals surface area contributed by atoms with Crippen molar-refractivity contribution in [3.63, 3.8) is 0 Å². The van der Waals surface area contributed by atoms with Gasteiger partial charge in [-0.05, 0) is 42.5 Å². The smallest absolute Gasteiger partial charge is 0.123 e. The Hall–Kier alpha value is -0.890. The van der Waals surface area contributed by atoms with E-state index in [2.05, 4.69) is 12.2 Å². The fourth-order valence-electron chi connectivity index (χ4n) is 2.02. The summed E-state index contributed by atoms with van der Waals surface area (Å²) in [6, 6.07) is 5.66. The van der Waals surface area contributed by atoms with Gasteiger partial charge in [0.05, 0.1) is 0 Å². The second-order valence-corrected chi connectivity index (χ2v) is 4.46. The predicted molar refractivity (Wildman–Crippen MR) is 60.2 cm³/mol. The highest BCUT2D eigenvalue weighted by atomic mass is 19.1. The molecule has 2 atom stereocenters. The van der Waals surface area contributed by atoms with Gasteiger partial charge in [-0.2, -0.15) is 0 Å². The molecule has 0 aromatic heterocycles. The molecule has 0 amide bonds. The van der Waals surface area contributed by atoms with Crippen molar-refractivity contribution in [2.45, 2.75) is 39.3 Å². The molecular formula is C13H18FN.